The number of hydrogen-bond acceptors (Lipinski definition) is 4. The molecule has 0 fully saturated rings. The zero-order valence-electron chi connectivity index (χ0n) is 19.4. The van der Waals surface area contributed by atoms with E-state index in [1.807, 2.05) is 44.2 Å². The van der Waals surface area contributed by atoms with Crippen LogP contribution in [0, 0.1) is 0 Å². The number of rotatable bonds is 10. The molecule has 0 heterocycles. The van der Waals surface area contributed by atoms with Gasteiger partial charge >= 0.3 is 0 Å². The van der Waals surface area contributed by atoms with Gasteiger partial charge in [0.2, 0.25) is 11.8 Å². The first-order valence-corrected chi connectivity index (χ1v) is 11.3. The van der Waals surface area contributed by atoms with Crippen LogP contribution >= 0.6 is 0 Å². The summed E-state index contributed by atoms with van der Waals surface area (Å²) in [4.78, 5) is 36.6. The minimum atomic E-state index is -0.227. The highest BCUT2D eigenvalue weighted by molar-refractivity contribution is 5.96. The average molecular weight is 459 g/mol. The molecule has 7 heteroatoms. The molecule has 0 aliphatic carbocycles. The maximum atomic E-state index is 12.6. The Labute approximate surface area is 200 Å². The van der Waals surface area contributed by atoms with Gasteiger partial charge < -0.3 is 21.3 Å². The number of anilines is 3. The highest BCUT2D eigenvalue weighted by Crippen LogP contribution is 2.16. The molecule has 0 aliphatic heterocycles. The zero-order chi connectivity index (χ0) is 24.3. The number of amides is 3. The van der Waals surface area contributed by atoms with E-state index < -0.39 is 0 Å². The van der Waals surface area contributed by atoms with Crippen LogP contribution in [0.25, 0.3) is 0 Å². The third-order valence-electron chi connectivity index (χ3n) is 5.15. The molecule has 0 aromatic heterocycles. The fourth-order valence-corrected chi connectivity index (χ4v) is 3.35. The summed E-state index contributed by atoms with van der Waals surface area (Å²) in [6.45, 7) is 3.93. The van der Waals surface area contributed by atoms with Crippen LogP contribution in [0.3, 0.4) is 0 Å². The Kier molecular flexibility index (Phi) is 8.80. The average Bonchev–Trinajstić information content (AvgIpc) is 2.85. The second kappa shape index (κ2) is 12.2. The molecule has 3 rings (SSSR count). The van der Waals surface area contributed by atoms with E-state index in [4.69, 9.17) is 0 Å². The molecule has 1 unspecified atom stereocenters. The first-order valence-electron chi connectivity index (χ1n) is 11.3. The lowest BCUT2D eigenvalue weighted by Gasteiger charge is -2.15. The molecule has 3 aromatic rings. The number of benzene rings is 3. The van der Waals surface area contributed by atoms with Crippen molar-refractivity contribution in [1.29, 1.82) is 0 Å². The SMILES string of the molecule is CCCC(=O)Nc1ccc(NC(=O)CNc2cccc(C(=O)NC(C)c3ccccc3)c2)cc1. The van der Waals surface area contributed by atoms with E-state index >= 15 is 0 Å². The van der Waals surface area contributed by atoms with Crippen molar-refractivity contribution in [3.05, 3.63) is 90.0 Å². The van der Waals surface area contributed by atoms with Crippen molar-refractivity contribution in [3.63, 3.8) is 0 Å². The minimum absolute atomic E-state index is 0.0334. The van der Waals surface area contributed by atoms with Gasteiger partial charge in [-0.2, -0.15) is 0 Å². The maximum absolute atomic E-state index is 12.6. The molecule has 34 heavy (non-hydrogen) atoms. The molecule has 0 bridgehead atoms. The second-order valence-corrected chi connectivity index (χ2v) is 7.96. The molecule has 0 saturated carbocycles. The highest BCUT2D eigenvalue weighted by Gasteiger charge is 2.12. The fourth-order valence-electron chi connectivity index (χ4n) is 3.35. The number of carbonyl (C=O) groups excluding carboxylic acids is 3. The fraction of sp³-hybridized carbons (Fsp3) is 0.222. The van der Waals surface area contributed by atoms with Gasteiger partial charge in [-0.15, -0.1) is 0 Å². The molecular weight excluding hydrogens is 428 g/mol. The van der Waals surface area contributed by atoms with Gasteiger partial charge in [0.15, 0.2) is 0 Å². The van der Waals surface area contributed by atoms with Crippen molar-refractivity contribution < 1.29 is 14.4 Å². The molecule has 0 spiro atoms. The predicted molar refractivity (Wildman–Crippen MR) is 136 cm³/mol. The van der Waals surface area contributed by atoms with E-state index in [0.29, 0.717) is 29.0 Å². The summed E-state index contributed by atoms with van der Waals surface area (Å²) in [5.41, 5.74) is 3.52. The van der Waals surface area contributed by atoms with E-state index in [9.17, 15) is 14.4 Å². The van der Waals surface area contributed by atoms with Crippen LogP contribution in [0.4, 0.5) is 17.1 Å². The Morgan fingerprint density at radius 2 is 1.41 bits per heavy atom. The molecule has 0 saturated heterocycles. The van der Waals surface area contributed by atoms with Gasteiger partial charge in [0, 0.05) is 29.0 Å². The van der Waals surface area contributed by atoms with Gasteiger partial charge in [0.1, 0.15) is 0 Å². The normalized spacial score (nSPS) is 11.2. The quantitative estimate of drug-likeness (QED) is 0.345. The van der Waals surface area contributed by atoms with Gasteiger partial charge in [-0.25, -0.2) is 0 Å². The molecular formula is C27H30N4O3. The van der Waals surface area contributed by atoms with E-state index in [1.54, 1.807) is 48.5 Å². The smallest absolute Gasteiger partial charge is 0.251 e. The molecule has 1 atom stereocenters. The highest BCUT2D eigenvalue weighted by atomic mass is 16.2. The molecule has 3 aromatic carbocycles. The van der Waals surface area contributed by atoms with Gasteiger partial charge in [0.05, 0.1) is 12.6 Å². The standard InChI is InChI=1S/C27H30N4O3/c1-3-8-25(32)30-22-13-15-23(16-14-22)31-26(33)18-28-24-12-7-11-21(17-24)27(34)29-19(2)20-9-5-4-6-10-20/h4-7,9-17,19,28H,3,8,18H2,1-2H3,(H,29,34)(H,30,32)(H,31,33). The minimum Gasteiger partial charge on any atom is -0.376 e. The van der Waals surface area contributed by atoms with Crippen molar-refractivity contribution in [2.45, 2.75) is 32.7 Å². The molecule has 0 radical (unpaired) electrons. The summed E-state index contributed by atoms with van der Waals surface area (Å²) in [6, 6.07) is 23.6. The van der Waals surface area contributed by atoms with Crippen LogP contribution in [-0.2, 0) is 9.59 Å². The molecule has 7 nitrogen and oxygen atoms in total. The predicted octanol–water partition coefficient (Wildman–Crippen LogP) is 4.97. The van der Waals surface area contributed by atoms with Crippen LogP contribution in [0.2, 0.25) is 0 Å². The maximum Gasteiger partial charge on any atom is 0.251 e. The van der Waals surface area contributed by atoms with Crippen LogP contribution in [0.15, 0.2) is 78.9 Å². The summed E-state index contributed by atoms with van der Waals surface area (Å²) in [5, 5.41) is 11.7. The lowest BCUT2D eigenvalue weighted by atomic mass is 10.1. The Hall–Kier alpha value is -4.13. The van der Waals surface area contributed by atoms with Gasteiger partial charge in [-0.05, 0) is 61.4 Å². The Bertz CT molecular complexity index is 1110. The first kappa shape index (κ1) is 24.5. The molecule has 176 valence electrons. The lowest BCUT2D eigenvalue weighted by Crippen LogP contribution is -2.26. The van der Waals surface area contributed by atoms with E-state index in [-0.39, 0.29) is 30.3 Å². The largest absolute Gasteiger partial charge is 0.376 e. The first-order chi connectivity index (χ1) is 16.4. The summed E-state index contributed by atoms with van der Waals surface area (Å²) in [5.74, 6) is -0.445. The zero-order valence-corrected chi connectivity index (χ0v) is 19.4. The van der Waals surface area contributed by atoms with Crippen LogP contribution in [-0.4, -0.2) is 24.3 Å². The van der Waals surface area contributed by atoms with Gasteiger partial charge in [-0.3, -0.25) is 14.4 Å². The van der Waals surface area contributed by atoms with Crippen LogP contribution in [0.1, 0.15) is 48.7 Å². The third kappa shape index (κ3) is 7.48. The number of nitrogens with one attached hydrogen (secondary N) is 4. The molecule has 4 N–H and O–H groups in total. The summed E-state index contributed by atoms with van der Waals surface area (Å²) < 4.78 is 0. The van der Waals surface area contributed by atoms with Crippen molar-refractivity contribution >= 4 is 34.8 Å². The number of hydrogen-bond donors (Lipinski definition) is 4. The third-order valence-corrected chi connectivity index (χ3v) is 5.15. The van der Waals surface area contributed by atoms with Crippen LogP contribution < -0.4 is 21.3 Å². The van der Waals surface area contributed by atoms with Gasteiger partial charge in [-0.1, -0.05) is 43.3 Å². The van der Waals surface area contributed by atoms with E-state index in [2.05, 4.69) is 21.3 Å². The molecule has 0 aliphatic rings. The topological polar surface area (TPSA) is 99.3 Å². The summed E-state index contributed by atoms with van der Waals surface area (Å²) in [7, 11) is 0. The Morgan fingerprint density at radius 3 is 2.06 bits per heavy atom. The van der Waals surface area contributed by atoms with E-state index in [0.717, 1.165) is 12.0 Å². The summed E-state index contributed by atoms with van der Waals surface area (Å²) >= 11 is 0. The lowest BCUT2D eigenvalue weighted by molar-refractivity contribution is -0.116. The van der Waals surface area contributed by atoms with E-state index in [1.165, 1.54) is 0 Å². The van der Waals surface area contributed by atoms with Crippen molar-refractivity contribution in [1.82, 2.24) is 5.32 Å². The van der Waals surface area contributed by atoms with Crippen molar-refractivity contribution in [2.24, 2.45) is 0 Å². The Morgan fingerprint density at radius 1 is 0.765 bits per heavy atom. The second-order valence-electron chi connectivity index (χ2n) is 7.96. The van der Waals surface area contributed by atoms with Crippen molar-refractivity contribution in [2.75, 3.05) is 22.5 Å². The van der Waals surface area contributed by atoms with Crippen LogP contribution in [0.5, 0.6) is 0 Å². The van der Waals surface area contributed by atoms with Crippen molar-refractivity contribution in [3.8, 4) is 0 Å². The number of carbonyl (C=O) groups is 3. The Balaban J connectivity index is 1.49. The summed E-state index contributed by atoms with van der Waals surface area (Å²) in [6.07, 6.45) is 1.26. The monoisotopic (exact) mass is 458 g/mol. The molecule has 3 amide bonds. The van der Waals surface area contributed by atoms with Gasteiger partial charge in [0.25, 0.3) is 5.91 Å².